The van der Waals surface area contributed by atoms with Gasteiger partial charge in [-0.15, -0.1) is 0 Å². The predicted octanol–water partition coefficient (Wildman–Crippen LogP) is 1.04. The maximum atomic E-state index is 14.4. The molecule has 3 aliphatic heterocycles. The molecule has 2 aromatic rings. The van der Waals surface area contributed by atoms with Gasteiger partial charge in [-0.05, 0) is 55.4 Å². The lowest BCUT2D eigenvalue weighted by Gasteiger charge is -2.38. The molecule has 0 saturated carbocycles. The van der Waals surface area contributed by atoms with Crippen LogP contribution >= 0.6 is 0 Å². The zero-order valence-corrected chi connectivity index (χ0v) is 28.1. The molecule has 6 atom stereocenters. The monoisotopic (exact) mass is 690 g/mol. The first kappa shape index (κ1) is 36.4. The van der Waals surface area contributed by atoms with Crippen molar-refractivity contribution in [2.24, 2.45) is 5.92 Å². The van der Waals surface area contributed by atoms with E-state index in [9.17, 15) is 38.7 Å². The van der Waals surface area contributed by atoms with Crippen molar-refractivity contribution in [1.82, 2.24) is 25.8 Å². The Labute approximate surface area is 290 Å². The van der Waals surface area contributed by atoms with E-state index in [1.54, 1.807) is 24.3 Å². The average Bonchev–Trinajstić information content (AvgIpc) is 3.58. The molecule has 0 spiro atoms. The van der Waals surface area contributed by atoms with Gasteiger partial charge in [-0.1, -0.05) is 44.2 Å². The number of amides is 5. The van der Waals surface area contributed by atoms with Crippen LogP contribution in [0.25, 0.3) is 0 Å². The summed E-state index contributed by atoms with van der Waals surface area (Å²) >= 11 is 0. The largest absolute Gasteiger partial charge is 0.388 e. The minimum Gasteiger partial charge on any atom is -0.388 e. The van der Waals surface area contributed by atoms with E-state index < -0.39 is 78.3 Å². The lowest BCUT2D eigenvalue weighted by molar-refractivity contribution is -0.142. The standard InChI is InChI=1S/C36H43FN6O7/c1-21(2)13-27-33(46)40-26-10-12-50-30(32(26)45)19-42(35(48)24-14-23(18-38)15-25(37)17-24)20-31(44)39-28(16-22-7-4-3-5-8-22)36(49)43-11-6-9-29(43)34(47)41-27/h3-5,7-8,14-15,17,21,26-30,32,45H,6,9-13,16,19-20H2,1-2H3,(H,39,44)(H,40,46)(H,41,47)/t26-,27+,28-,29+,30+,32-/m0/s1. The molecule has 5 amide bonds. The smallest absolute Gasteiger partial charge is 0.254 e. The number of rotatable bonds is 5. The summed E-state index contributed by atoms with van der Waals surface area (Å²) in [6.45, 7) is 3.24. The Morgan fingerprint density at radius 2 is 1.80 bits per heavy atom. The summed E-state index contributed by atoms with van der Waals surface area (Å²) in [5.41, 5.74) is 0.438. The first-order chi connectivity index (χ1) is 23.9. The number of ether oxygens (including phenoxy) is 1. The van der Waals surface area contributed by atoms with E-state index in [0.717, 1.165) is 22.6 Å². The van der Waals surface area contributed by atoms with Crippen molar-refractivity contribution < 1.29 is 38.2 Å². The molecule has 4 N–H and O–H groups in total. The maximum absolute atomic E-state index is 14.4. The van der Waals surface area contributed by atoms with E-state index in [0.29, 0.717) is 19.3 Å². The highest BCUT2D eigenvalue weighted by atomic mass is 19.1. The first-order valence-electron chi connectivity index (χ1n) is 17.0. The van der Waals surface area contributed by atoms with Crippen LogP contribution in [0.2, 0.25) is 0 Å². The Bertz CT molecular complexity index is 1630. The number of aliphatic hydroxyl groups excluding tert-OH is 1. The van der Waals surface area contributed by atoms with Gasteiger partial charge in [-0.2, -0.15) is 5.26 Å². The molecule has 266 valence electrons. The minimum atomic E-state index is -1.32. The fraction of sp³-hybridized carbons (Fsp3) is 0.500. The summed E-state index contributed by atoms with van der Waals surface area (Å²) in [5.74, 6) is -3.83. The fourth-order valence-corrected chi connectivity index (χ4v) is 6.81. The number of hydrogen-bond donors (Lipinski definition) is 4. The van der Waals surface area contributed by atoms with Crippen molar-refractivity contribution in [1.29, 1.82) is 5.26 Å². The molecule has 2 aromatic carbocycles. The van der Waals surface area contributed by atoms with Gasteiger partial charge in [0.2, 0.25) is 23.6 Å². The summed E-state index contributed by atoms with van der Waals surface area (Å²) in [7, 11) is 0. The second-order valence-electron chi connectivity index (χ2n) is 13.5. The van der Waals surface area contributed by atoms with Crippen molar-refractivity contribution in [3.63, 3.8) is 0 Å². The summed E-state index contributed by atoms with van der Waals surface area (Å²) in [6.07, 6.45) is -0.874. The van der Waals surface area contributed by atoms with Crippen LogP contribution in [0.15, 0.2) is 48.5 Å². The molecule has 0 unspecified atom stereocenters. The van der Waals surface area contributed by atoms with E-state index in [4.69, 9.17) is 4.74 Å². The molecule has 3 aliphatic rings. The molecule has 3 saturated heterocycles. The summed E-state index contributed by atoms with van der Waals surface area (Å²) < 4.78 is 20.3. The zero-order chi connectivity index (χ0) is 35.9. The molecular formula is C36H43FN6O7. The van der Waals surface area contributed by atoms with Crippen LogP contribution in [0.3, 0.4) is 0 Å². The summed E-state index contributed by atoms with van der Waals surface area (Å²) in [5, 5.41) is 29.2. The van der Waals surface area contributed by atoms with Crippen molar-refractivity contribution in [3.8, 4) is 6.07 Å². The highest BCUT2D eigenvalue weighted by Crippen LogP contribution is 2.23. The fourth-order valence-electron chi connectivity index (χ4n) is 6.81. The van der Waals surface area contributed by atoms with Gasteiger partial charge >= 0.3 is 0 Å². The van der Waals surface area contributed by atoms with Gasteiger partial charge in [0.05, 0.1) is 30.8 Å². The summed E-state index contributed by atoms with van der Waals surface area (Å²) in [6, 6.07) is 10.2. The molecule has 0 radical (unpaired) electrons. The Morgan fingerprint density at radius 1 is 1.04 bits per heavy atom. The third-order valence-electron chi connectivity index (χ3n) is 9.27. The number of nitriles is 1. The number of benzene rings is 2. The number of carbonyl (C=O) groups is 5. The quantitative estimate of drug-likeness (QED) is 0.359. The molecule has 5 rings (SSSR count). The SMILES string of the molecule is CC(C)C[C@H]1NC(=O)[C@H]2CCCN2C(=O)[C@H](Cc2ccccc2)NC(=O)CN(C(=O)c2cc(F)cc(C#N)c2)C[C@H]2OCC[C@H](NC1=O)[C@@H]2O. The van der Waals surface area contributed by atoms with Gasteiger partial charge in [0.1, 0.15) is 36.2 Å². The first-order valence-corrected chi connectivity index (χ1v) is 17.0. The second-order valence-corrected chi connectivity index (χ2v) is 13.5. The molecule has 13 nitrogen and oxygen atoms in total. The molecule has 50 heavy (non-hydrogen) atoms. The van der Waals surface area contributed by atoms with E-state index in [1.165, 1.54) is 11.0 Å². The van der Waals surface area contributed by atoms with E-state index >= 15 is 0 Å². The lowest BCUT2D eigenvalue weighted by atomic mass is 9.97. The van der Waals surface area contributed by atoms with Gasteiger partial charge < -0.3 is 35.6 Å². The molecule has 3 fully saturated rings. The second kappa shape index (κ2) is 16.2. The lowest BCUT2D eigenvalue weighted by Crippen LogP contribution is -2.60. The van der Waals surface area contributed by atoms with E-state index in [1.807, 2.05) is 26.0 Å². The van der Waals surface area contributed by atoms with Crippen LogP contribution in [-0.4, -0.2) is 107 Å². The number of carbonyl (C=O) groups excluding carboxylic acids is 5. The highest BCUT2D eigenvalue weighted by Gasteiger charge is 2.41. The zero-order valence-electron chi connectivity index (χ0n) is 28.1. The third-order valence-corrected chi connectivity index (χ3v) is 9.27. The number of hydrogen-bond acceptors (Lipinski definition) is 8. The van der Waals surface area contributed by atoms with Gasteiger partial charge in [-0.25, -0.2) is 4.39 Å². The van der Waals surface area contributed by atoms with Crippen LogP contribution < -0.4 is 16.0 Å². The maximum Gasteiger partial charge on any atom is 0.254 e. The minimum absolute atomic E-state index is 0.0169. The number of nitrogens with one attached hydrogen (secondary N) is 3. The number of fused-ring (bicyclic) bond motifs is 3. The Balaban J connectivity index is 1.53. The number of halogens is 1. The van der Waals surface area contributed by atoms with E-state index in [2.05, 4.69) is 16.0 Å². The molecule has 2 bridgehead atoms. The van der Waals surface area contributed by atoms with Crippen LogP contribution in [0, 0.1) is 23.1 Å². The van der Waals surface area contributed by atoms with Gasteiger partial charge in [0.25, 0.3) is 5.91 Å². The molecule has 0 aromatic heterocycles. The molecule has 3 heterocycles. The highest BCUT2D eigenvalue weighted by molar-refractivity contribution is 5.98. The Hall–Kier alpha value is -4.87. The van der Waals surface area contributed by atoms with Crippen molar-refractivity contribution in [2.45, 2.75) is 82.3 Å². The van der Waals surface area contributed by atoms with Gasteiger partial charge in [0.15, 0.2) is 0 Å². The number of aliphatic hydroxyl groups is 1. The molecule has 14 heteroatoms. The molecular weight excluding hydrogens is 647 g/mol. The van der Waals surface area contributed by atoms with Crippen molar-refractivity contribution in [2.75, 3.05) is 26.2 Å². The van der Waals surface area contributed by atoms with Gasteiger partial charge in [0, 0.05) is 25.1 Å². The van der Waals surface area contributed by atoms with Crippen LogP contribution in [-0.2, 0) is 30.3 Å². The van der Waals surface area contributed by atoms with Crippen molar-refractivity contribution >= 4 is 29.5 Å². The van der Waals surface area contributed by atoms with Crippen LogP contribution in [0.5, 0.6) is 0 Å². The van der Waals surface area contributed by atoms with Crippen LogP contribution in [0.4, 0.5) is 4.39 Å². The number of nitrogens with zero attached hydrogens (tertiary/aromatic N) is 3. The van der Waals surface area contributed by atoms with Crippen LogP contribution in [0.1, 0.15) is 61.0 Å². The average molecular weight is 691 g/mol. The normalized spacial score (nSPS) is 26.7. The predicted molar refractivity (Wildman–Crippen MR) is 178 cm³/mol. The topological polar surface area (TPSA) is 181 Å². The molecule has 0 aliphatic carbocycles. The Kier molecular flexibility index (Phi) is 11.8. The third kappa shape index (κ3) is 8.83. The van der Waals surface area contributed by atoms with Gasteiger partial charge in [-0.3, -0.25) is 24.0 Å². The Morgan fingerprint density at radius 3 is 2.52 bits per heavy atom. The van der Waals surface area contributed by atoms with Crippen molar-refractivity contribution in [3.05, 3.63) is 71.0 Å². The summed E-state index contributed by atoms with van der Waals surface area (Å²) in [4.78, 5) is 71.7. The van der Waals surface area contributed by atoms with E-state index in [-0.39, 0.29) is 49.6 Å².